The molecule has 0 unspecified atom stereocenters. The van der Waals surface area contributed by atoms with Gasteiger partial charge in [-0.3, -0.25) is 9.59 Å². The van der Waals surface area contributed by atoms with Gasteiger partial charge in [0.2, 0.25) is 17.4 Å². The van der Waals surface area contributed by atoms with Crippen molar-refractivity contribution in [2.24, 2.45) is 0 Å². The van der Waals surface area contributed by atoms with E-state index < -0.39 is 5.91 Å². The standard InChI is InChI=1S/C11H11N5O3/c1-6(17)13-7-2-4-8(5-3-7)14-11(18)9-10(12)16-19-15-9/h2-5H,1H3,(H2,12,16)(H,13,17)(H,14,18). The van der Waals surface area contributed by atoms with Crippen molar-refractivity contribution in [2.75, 3.05) is 16.4 Å². The number of hydrogen-bond acceptors (Lipinski definition) is 6. The summed E-state index contributed by atoms with van der Waals surface area (Å²) in [6.07, 6.45) is 0. The second-order valence-electron chi connectivity index (χ2n) is 3.71. The number of nitrogens with zero attached hydrogens (tertiary/aromatic N) is 2. The normalized spacial score (nSPS) is 9.95. The van der Waals surface area contributed by atoms with Crippen LogP contribution in [-0.2, 0) is 4.79 Å². The first-order chi connectivity index (χ1) is 9.06. The van der Waals surface area contributed by atoms with Crippen molar-refractivity contribution >= 4 is 29.0 Å². The molecule has 1 aromatic carbocycles. The molecule has 2 rings (SSSR count). The second-order valence-corrected chi connectivity index (χ2v) is 3.71. The highest BCUT2D eigenvalue weighted by molar-refractivity contribution is 6.05. The Morgan fingerprint density at radius 2 is 1.68 bits per heavy atom. The van der Waals surface area contributed by atoms with Crippen LogP contribution in [0.3, 0.4) is 0 Å². The molecule has 0 aliphatic heterocycles. The molecule has 0 radical (unpaired) electrons. The number of rotatable bonds is 3. The maximum absolute atomic E-state index is 11.7. The summed E-state index contributed by atoms with van der Waals surface area (Å²) in [5, 5.41) is 11.9. The molecule has 0 aliphatic rings. The Hall–Kier alpha value is -2.90. The smallest absolute Gasteiger partial charge is 0.281 e. The minimum atomic E-state index is -0.522. The number of carbonyl (C=O) groups is 2. The Morgan fingerprint density at radius 3 is 2.16 bits per heavy atom. The van der Waals surface area contributed by atoms with Gasteiger partial charge in [-0.2, -0.15) is 0 Å². The van der Waals surface area contributed by atoms with Gasteiger partial charge in [0.05, 0.1) is 0 Å². The van der Waals surface area contributed by atoms with E-state index >= 15 is 0 Å². The molecule has 0 atom stereocenters. The summed E-state index contributed by atoms with van der Waals surface area (Å²) < 4.78 is 4.33. The monoisotopic (exact) mass is 261 g/mol. The molecule has 0 spiro atoms. The number of benzene rings is 1. The van der Waals surface area contributed by atoms with E-state index in [-0.39, 0.29) is 17.4 Å². The number of nitrogens with one attached hydrogen (secondary N) is 2. The summed E-state index contributed by atoms with van der Waals surface area (Å²) >= 11 is 0. The number of hydrogen-bond donors (Lipinski definition) is 3. The zero-order valence-corrected chi connectivity index (χ0v) is 10.0. The molecule has 4 N–H and O–H groups in total. The van der Waals surface area contributed by atoms with Crippen LogP contribution in [0.2, 0.25) is 0 Å². The van der Waals surface area contributed by atoms with E-state index in [0.717, 1.165) is 0 Å². The minimum Gasteiger partial charge on any atom is -0.379 e. The van der Waals surface area contributed by atoms with Gasteiger partial charge >= 0.3 is 0 Å². The maximum Gasteiger partial charge on any atom is 0.281 e. The van der Waals surface area contributed by atoms with Gasteiger partial charge in [0.15, 0.2) is 0 Å². The van der Waals surface area contributed by atoms with Gasteiger partial charge in [0, 0.05) is 18.3 Å². The van der Waals surface area contributed by atoms with Gasteiger partial charge < -0.3 is 16.4 Å². The molecule has 8 nitrogen and oxygen atoms in total. The summed E-state index contributed by atoms with van der Waals surface area (Å²) in [7, 11) is 0. The third-order valence-corrected chi connectivity index (χ3v) is 2.19. The van der Waals surface area contributed by atoms with E-state index in [9.17, 15) is 9.59 Å². The highest BCUT2D eigenvalue weighted by Crippen LogP contribution is 2.15. The summed E-state index contributed by atoms with van der Waals surface area (Å²) in [6, 6.07) is 6.57. The number of nitrogen functional groups attached to an aromatic ring is 1. The molecule has 98 valence electrons. The molecule has 2 aromatic rings. The lowest BCUT2D eigenvalue weighted by Crippen LogP contribution is -2.14. The highest BCUT2D eigenvalue weighted by Gasteiger charge is 2.15. The van der Waals surface area contributed by atoms with Gasteiger partial charge in [-0.15, -0.1) is 0 Å². The largest absolute Gasteiger partial charge is 0.379 e. The predicted molar refractivity (Wildman–Crippen MR) is 67.4 cm³/mol. The first-order valence-corrected chi connectivity index (χ1v) is 5.33. The summed E-state index contributed by atoms with van der Waals surface area (Å²) in [5.74, 6) is -0.767. The van der Waals surface area contributed by atoms with Crippen LogP contribution in [0.4, 0.5) is 17.2 Å². The lowest BCUT2D eigenvalue weighted by molar-refractivity contribution is -0.114. The lowest BCUT2D eigenvalue weighted by Gasteiger charge is -2.05. The average molecular weight is 261 g/mol. The number of anilines is 3. The van der Waals surface area contributed by atoms with Crippen molar-refractivity contribution in [2.45, 2.75) is 6.92 Å². The minimum absolute atomic E-state index is 0.0765. The Labute approximate surface area is 107 Å². The topological polar surface area (TPSA) is 123 Å². The van der Waals surface area contributed by atoms with Crippen LogP contribution in [0.15, 0.2) is 28.9 Å². The van der Waals surface area contributed by atoms with Crippen LogP contribution in [0.5, 0.6) is 0 Å². The average Bonchev–Trinajstić information content (AvgIpc) is 2.77. The van der Waals surface area contributed by atoms with Gasteiger partial charge in [-0.25, -0.2) is 4.63 Å². The molecule has 19 heavy (non-hydrogen) atoms. The van der Waals surface area contributed by atoms with Crippen molar-refractivity contribution in [1.29, 1.82) is 0 Å². The fourth-order valence-electron chi connectivity index (χ4n) is 1.38. The molecular formula is C11H11N5O3. The number of aromatic nitrogens is 2. The van der Waals surface area contributed by atoms with Crippen LogP contribution in [-0.4, -0.2) is 22.1 Å². The van der Waals surface area contributed by atoms with Crippen LogP contribution in [0, 0.1) is 0 Å². The van der Waals surface area contributed by atoms with E-state index in [4.69, 9.17) is 5.73 Å². The maximum atomic E-state index is 11.7. The molecule has 1 aromatic heterocycles. The summed E-state index contributed by atoms with van der Waals surface area (Å²) in [5.41, 5.74) is 6.48. The van der Waals surface area contributed by atoms with E-state index in [1.54, 1.807) is 24.3 Å². The van der Waals surface area contributed by atoms with E-state index in [0.29, 0.717) is 11.4 Å². The molecule has 0 saturated heterocycles. The molecule has 0 aliphatic carbocycles. The zero-order chi connectivity index (χ0) is 13.8. The summed E-state index contributed by atoms with van der Waals surface area (Å²) in [6.45, 7) is 1.41. The van der Waals surface area contributed by atoms with Crippen molar-refractivity contribution in [3.63, 3.8) is 0 Å². The Kier molecular flexibility index (Phi) is 3.42. The quantitative estimate of drug-likeness (QED) is 0.753. The Bertz CT molecular complexity index is 605. The van der Waals surface area contributed by atoms with Crippen LogP contribution in [0.25, 0.3) is 0 Å². The Balaban J connectivity index is 2.06. The third-order valence-electron chi connectivity index (χ3n) is 2.19. The van der Waals surface area contributed by atoms with Gasteiger partial charge in [0.1, 0.15) is 0 Å². The van der Waals surface area contributed by atoms with Crippen molar-refractivity contribution in [3.8, 4) is 0 Å². The predicted octanol–water partition coefficient (Wildman–Crippen LogP) is 0.862. The first-order valence-electron chi connectivity index (χ1n) is 5.33. The fraction of sp³-hybridized carbons (Fsp3) is 0.0909. The number of nitrogens with two attached hydrogens (primary N) is 1. The number of carbonyl (C=O) groups excluding carboxylic acids is 2. The van der Waals surface area contributed by atoms with Gasteiger partial charge in [-0.05, 0) is 34.6 Å². The van der Waals surface area contributed by atoms with Crippen LogP contribution in [0.1, 0.15) is 17.4 Å². The fourth-order valence-corrected chi connectivity index (χ4v) is 1.38. The lowest BCUT2D eigenvalue weighted by atomic mass is 10.2. The second kappa shape index (κ2) is 5.17. The third kappa shape index (κ3) is 3.06. The van der Waals surface area contributed by atoms with Crippen molar-refractivity contribution < 1.29 is 14.2 Å². The van der Waals surface area contributed by atoms with Gasteiger partial charge in [-0.1, -0.05) is 0 Å². The Morgan fingerprint density at radius 1 is 1.11 bits per heavy atom. The molecule has 0 bridgehead atoms. The molecular weight excluding hydrogens is 250 g/mol. The molecule has 1 heterocycles. The van der Waals surface area contributed by atoms with E-state index in [2.05, 4.69) is 25.6 Å². The zero-order valence-electron chi connectivity index (χ0n) is 10.0. The molecule has 2 amide bonds. The molecule has 0 fully saturated rings. The van der Waals surface area contributed by atoms with Crippen LogP contribution >= 0.6 is 0 Å². The first kappa shape index (κ1) is 12.6. The molecule has 8 heteroatoms. The van der Waals surface area contributed by atoms with Crippen LogP contribution < -0.4 is 16.4 Å². The van der Waals surface area contributed by atoms with Crippen molar-refractivity contribution in [3.05, 3.63) is 30.0 Å². The summed E-state index contributed by atoms with van der Waals surface area (Å²) in [4.78, 5) is 22.6. The number of amides is 2. The van der Waals surface area contributed by atoms with Crippen molar-refractivity contribution in [1.82, 2.24) is 10.3 Å². The van der Waals surface area contributed by atoms with Gasteiger partial charge in [0.25, 0.3) is 5.91 Å². The molecule has 0 saturated carbocycles. The van der Waals surface area contributed by atoms with E-state index in [1.165, 1.54) is 6.92 Å². The van der Waals surface area contributed by atoms with E-state index in [1.807, 2.05) is 0 Å². The highest BCUT2D eigenvalue weighted by atomic mass is 16.6. The SMILES string of the molecule is CC(=O)Nc1ccc(NC(=O)c2nonc2N)cc1.